The van der Waals surface area contributed by atoms with Crippen molar-refractivity contribution in [3.8, 4) is 0 Å². The van der Waals surface area contributed by atoms with Gasteiger partial charge in [-0.15, -0.1) is 0 Å². The van der Waals surface area contributed by atoms with E-state index in [0.717, 1.165) is 16.3 Å². The molecule has 5 heteroatoms. The molecule has 1 fully saturated rings. The molecule has 17 heavy (non-hydrogen) atoms. The molecule has 2 rings (SSSR count). The lowest BCUT2D eigenvalue weighted by Gasteiger charge is -2.29. The molecule has 0 bridgehead atoms. The minimum atomic E-state index is 0.186. The van der Waals surface area contributed by atoms with Gasteiger partial charge in [0.25, 0.3) is 0 Å². The van der Waals surface area contributed by atoms with Gasteiger partial charge in [0.15, 0.2) is 0 Å². The molecular formula is C12H17ClN2S2. The van der Waals surface area contributed by atoms with E-state index in [1.165, 1.54) is 17.1 Å². The van der Waals surface area contributed by atoms with Crippen LogP contribution in [-0.4, -0.2) is 22.5 Å². The molecule has 1 saturated heterocycles. The minimum Gasteiger partial charge on any atom is -0.271 e. The maximum absolute atomic E-state index is 6.17. The van der Waals surface area contributed by atoms with Gasteiger partial charge in [0.05, 0.1) is 6.04 Å². The van der Waals surface area contributed by atoms with Crippen LogP contribution < -0.4 is 11.3 Å². The monoisotopic (exact) mass is 288 g/mol. The first-order valence-corrected chi connectivity index (χ1v) is 8.22. The fraction of sp³-hybridized carbons (Fsp3) is 0.500. The fourth-order valence-electron chi connectivity index (χ4n) is 1.92. The van der Waals surface area contributed by atoms with Gasteiger partial charge in [0.1, 0.15) is 0 Å². The number of hydrogen-bond acceptors (Lipinski definition) is 4. The van der Waals surface area contributed by atoms with Crippen LogP contribution >= 0.6 is 35.1 Å². The molecule has 2 unspecified atom stereocenters. The number of benzene rings is 1. The summed E-state index contributed by atoms with van der Waals surface area (Å²) in [6.45, 7) is 2.02. The summed E-state index contributed by atoms with van der Waals surface area (Å²) in [6, 6.07) is 6.39. The SMILES string of the molecule is Cc1ccc(C(NN)C2CSCCS2)cc1Cl. The molecule has 0 aliphatic carbocycles. The van der Waals surface area contributed by atoms with Crippen molar-refractivity contribution < 1.29 is 0 Å². The van der Waals surface area contributed by atoms with Crippen molar-refractivity contribution in [1.82, 2.24) is 5.43 Å². The Morgan fingerprint density at radius 1 is 1.47 bits per heavy atom. The van der Waals surface area contributed by atoms with Gasteiger partial charge < -0.3 is 0 Å². The lowest BCUT2D eigenvalue weighted by Crippen LogP contribution is -2.37. The van der Waals surface area contributed by atoms with Gasteiger partial charge in [0.2, 0.25) is 0 Å². The first kappa shape index (κ1) is 13.6. The van der Waals surface area contributed by atoms with E-state index in [-0.39, 0.29) is 6.04 Å². The topological polar surface area (TPSA) is 38.0 Å². The Kier molecular flexibility index (Phi) is 5.06. The molecule has 2 atom stereocenters. The molecule has 1 aromatic carbocycles. The molecular weight excluding hydrogens is 272 g/mol. The van der Waals surface area contributed by atoms with E-state index in [1.807, 2.05) is 36.5 Å². The Labute approximate surface area is 116 Å². The molecule has 0 radical (unpaired) electrons. The van der Waals surface area contributed by atoms with E-state index in [9.17, 15) is 0 Å². The zero-order chi connectivity index (χ0) is 12.3. The molecule has 2 nitrogen and oxygen atoms in total. The predicted octanol–water partition coefficient (Wildman–Crippen LogP) is 3.00. The third-order valence-corrected chi connectivity index (χ3v) is 6.22. The molecule has 3 N–H and O–H groups in total. The van der Waals surface area contributed by atoms with Crippen molar-refractivity contribution >= 4 is 35.1 Å². The van der Waals surface area contributed by atoms with Crippen molar-refractivity contribution in [2.75, 3.05) is 17.3 Å². The highest BCUT2D eigenvalue weighted by Gasteiger charge is 2.25. The second kappa shape index (κ2) is 6.34. The second-order valence-corrected chi connectivity index (χ2v) is 7.04. The van der Waals surface area contributed by atoms with Crippen LogP contribution in [0.15, 0.2) is 18.2 Å². The molecule has 0 saturated carbocycles. The van der Waals surface area contributed by atoms with E-state index < -0.39 is 0 Å². The molecule has 1 aliphatic heterocycles. The van der Waals surface area contributed by atoms with Crippen molar-refractivity contribution in [3.63, 3.8) is 0 Å². The van der Waals surface area contributed by atoms with Crippen LogP contribution in [0, 0.1) is 6.92 Å². The standard InChI is InChI=1S/C12H17ClN2S2/c1-8-2-3-9(6-10(8)13)12(15-14)11-7-16-4-5-17-11/h2-3,6,11-12,15H,4-5,7,14H2,1H3. The van der Waals surface area contributed by atoms with Crippen LogP contribution in [0.5, 0.6) is 0 Å². The fourth-order valence-corrected chi connectivity index (χ4v) is 4.96. The highest BCUT2D eigenvalue weighted by molar-refractivity contribution is 8.06. The van der Waals surface area contributed by atoms with Crippen LogP contribution in [0.25, 0.3) is 0 Å². The number of nitrogens with two attached hydrogens (primary N) is 1. The molecule has 0 amide bonds. The summed E-state index contributed by atoms with van der Waals surface area (Å²) in [5.41, 5.74) is 5.23. The normalized spacial score (nSPS) is 22.4. The Balaban J connectivity index is 2.18. The van der Waals surface area contributed by atoms with Crippen molar-refractivity contribution in [2.45, 2.75) is 18.2 Å². The van der Waals surface area contributed by atoms with E-state index in [0.29, 0.717) is 5.25 Å². The maximum atomic E-state index is 6.17. The van der Waals surface area contributed by atoms with Crippen LogP contribution in [0.3, 0.4) is 0 Å². The van der Waals surface area contributed by atoms with Crippen LogP contribution in [0.1, 0.15) is 17.2 Å². The first-order chi connectivity index (χ1) is 8.22. The Morgan fingerprint density at radius 2 is 2.29 bits per heavy atom. The third kappa shape index (κ3) is 3.32. The zero-order valence-electron chi connectivity index (χ0n) is 9.78. The quantitative estimate of drug-likeness (QED) is 0.662. The number of thioether (sulfide) groups is 2. The molecule has 0 spiro atoms. The highest BCUT2D eigenvalue weighted by Crippen LogP contribution is 2.34. The Morgan fingerprint density at radius 3 is 2.88 bits per heavy atom. The number of halogens is 1. The number of rotatable bonds is 3. The van der Waals surface area contributed by atoms with Gasteiger partial charge in [-0.2, -0.15) is 23.5 Å². The number of aryl methyl sites for hydroxylation is 1. The average Bonchev–Trinajstić information content (AvgIpc) is 2.36. The summed E-state index contributed by atoms with van der Waals surface area (Å²) in [7, 11) is 0. The lowest BCUT2D eigenvalue weighted by molar-refractivity contribution is 0.553. The van der Waals surface area contributed by atoms with E-state index in [1.54, 1.807) is 0 Å². The Hall–Kier alpha value is 0.130. The number of hydrogen-bond donors (Lipinski definition) is 2. The van der Waals surface area contributed by atoms with Gasteiger partial charge in [-0.25, -0.2) is 0 Å². The van der Waals surface area contributed by atoms with Gasteiger partial charge >= 0.3 is 0 Å². The summed E-state index contributed by atoms with van der Waals surface area (Å²) in [4.78, 5) is 0. The molecule has 1 aromatic rings. The smallest absolute Gasteiger partial charge is 0.0587 e. The van der Waals surface area contributed by atoms with E-state index in [4.69, 9.17) is 17.4 Å². The van der Waals surface area contributed by atoms with E-state index in [2.05, 4.69) is 17.6 Å². The van der Waals surface area contributed by atoms with Gasteiger partial charge in [-0.05, 0) is 24.1 Å². The summed E-state index contributed by atoms with van der Waals surface area (Å²) in [5, 5.41) is 1.34. The average molecular weight is 289 g/mol. The largest absolute Gasteiger partial charge is 0.271 e. The van der Waals surface area contributed by atoms with Gasteiger partial charge in [-0.1, -0.05) is 23.7 Å². The molecule has 1 heterocycles. The summed E-state index contributed by atoms with van der Waals surface area (Å²) >= 11 is 10.2. The Bertz CT molecular complexity index is 381. The molecule has 94 valence electrons. The molecule has 0 aromatic heterocycles. The highest BCUT2D eigenvalue weighted by atomic mass is 35.5. The number of hydrazine groups is 1. The van der Waals surface area contributed by atoms with Crippen molar-refractivity contribution in [2.24, 2.45) is 5.84 Å². The van der Waals surface area contributed by atoms with Crippen molar-refractivity contribution in [3.05, 3.63) is 34.3 Å². The summed E-state index contributed by atoms with van der Waals surface area (Å²) in [5.74, 6) is 9.30. The molecule has 1 aliphatic rings. The van der Waals surface area contributed by atoms with Crippen molar-refractivity contribution in [1.29, 1.82) is 0 Å². The lowest BCUT2D eigenvalue weighted by atomic mass is 10.0. The zero-order valence-corrected chi connectivity index (χ0v) is 12.2. The van der Waals surface area contributed by atoms with Gasteiger partial charge in [-0.3, -0.25) is 11.3 Å². The second-order valence-electron chi connectivity index (χ2n) is 4.14. The number of nitrogens with one attached hydrogen (secondary N) is 1. The summed E-state index contributed by atoms with van der Waals surface area (Å²) < 4.78 is 0. The third-order valence-electron chi connectivity index (χ3n) is 2.95. The van der Waals surface area contributed by atoms with E-state index >= 15 is 0 Å². The minimum absolute atomic E-state index is 0.186. The maximum Gasteiger partial charge on any atom is 0.0587 e. The van der Waals surface area contributed by atoms with Crippen LogP contribution in [0.2, 0.25) is 5.02 Å². The van der Waals surface area contributed by atoms with Crippen LogP contribution in [0.4, 0.5) is 0 Å². The first-order valence-electron chi connectivity index (χ1n) is 5.64. The van der Waals surface area contributed by atoms with Gasteiger partial charge in [0, 0.05) is 27.5 Å². The summed E-state index contributed by atoms with van der Waals surface area (Å²) in [6.07, 6.45) is 0. The predicted molar refractivity (Wildman–Crippen MR) is 79.8 cm³/mol. The van der Waals surface area contributed by atoms with Crippen LogP contribution in [-0.2, 0) is 0 Å².